The van der Waals surface area contributed by atoms with E-state index >= 15 is 0 Å². The number of rotatable bonds is 6. The molecule has 5 rings (SSSR count). The fourth-order valence-electron chi connectivity index (χ4n) is 4.84. The number of hydrogen-bond acceptors (Lipinski definition) is 6. The molecule has 3 heterocycles. The molecule has 42 heavy (non-hydrogen) atoms. The number of aromatic nitrogens is 2. The van der Waals surface area contributed by atoms with E-state index in [2.05, 4.69) is 10.4 Å². The number of halogens is 4. The van der Waals surface area contributed by atoms with Crippen LogP contribution in [0.4, 0.5) is 19.0 Å². The molecule has 9 nitrogen and oxygen atoms in total. The van der Waals surface area contributed by atoms with Gasteiger partial charge in [-0.2, -0.15) is 26.7 Å². The van der Waals surface area contributed by atoms with E-state index in [1.54, 1.807) is 10.7 Å². The first-order valence-electron chi connectivity index (χ1n) is 13.0. The van der Waals surface area contributed by atoms with E-state index in [-0.39, 0.29) is 12.5 Å². The van der Waals surface area contributed by atoms with Gasteiger partial charge in [-0.1, -0.05) is 41.9 Å². The third-order valence-corrected chi connectivity index (χ3v) is 6.77. The van der Waals surface area contributed by atoms with Crippen LogP contribution in [0.2, 0.25) is 5.02 Å². The molecule has 1 amide bonds. The number of furan rings is 1. The van der Waals surface area contributed by atoms with Gasteiger partial charge in [0.2, 0.25) is 5.91 Å². The predicted octanol–water partition coefficient (Wildman–Crippen LogP) is 6.02. The molecule has 1 aliphatic heterocycles. The smallest absolute Gasteiger partial charge is 0.401 e. The molecule has 1 saturated heterocycles. The van der Waals surface area contributed by atoms with Gasteiger partial charge in [-0.25, -0.2) is 0 Å². The molecule has 1 aliphatic rings. The highest BCUT2D eigenvalue weighted by atomic mass is 35.5. The van der Waals surface area contributed by atoms with E-state index in [0.29, 0.717) is 48.6 Å². The summed E-state index contributed by atoms with van der Waals surface area (Å²) in [5, 5.41) is 8.76. The number of amides is 1. The Morgan fingerprint density at radius 2 is 1.88 bits per heavy atom. The number of hydrogen-bond donors (Lipinski definition) is 2. The SMILES string of the molecule is CS(=O)(=O)O.Cc1cc(NC(=O)[C@@H]2CCCN(CC(F)(F)F)C2)nn1Cc1cc(Cl)cc2cc(-c3ccccc3)oc12. The molecule has 1 atom stereocenters. The molecule has 0 saturated carbocycles. The van der Waals surface area contributed by atoms with E-state index in [1.165, 1.54) is 4.90 Å². The van der Waals surface area contributed by atoms with Crippen LogP contribution in [0.3, 0.4) is 0 Å². The Morgan fingerprint density at radius 3 is 2.55 bits per heavy atom. The van der Waals surface area contributed by atoms with Gasteiger partial charge in [0.15, 0.2) is 5.82 Å². The molecule has 0 radical (unpaired) electrons. The molecule has 0 unspecified atom stereocenters. The van der Waals surface area contributed by atoms with Crippen molar-refractivity contribution in [3.63, 3.8) is 0 Å². The summed E-state index contributed by atoms with van der Waals surface area (Å²) in [6.07, 6.45) is -2.48. The fraction of sp³-hybridized carbons (Fsp3) is 0.357. The van der Waals surface area contributed by atoms with Crippen molar-refractivity contribution >= 4 is 44.4 Å². The number of alkyl halides is 3. The summed E-state index contributed by atoms with van der Waals surface area (Å²) in [4.78, 5) is 14.1. The zero-order chi connectivity index (χ0) is 30.7. The van der Waals surface area contributed by atoms with Crippen molar-refractivity contribution in [2.45, 2.75) is 32.5 Å². The second-order valence-electron chi connectivity index (χ2n) is 10.2. The lowest BCUT2D eigenvalue weighted by Gasteiger charge is -2.32. The van der Waals surface area contributed by atoms with Gasteiger partial charge in [0.1, 0.15) is 11.3 Å². The van der Waals surface area contributed by atoms with Crippen LogP contribution in [-0.4, -0.2) is 65.6 Å². The van der Waals surface area contributed by atoms with E-state index in [4.69, 9.17) is 20.6 Å². The zero-order valence-corrected chi connectivity index (χ0v) is 24.4. The van der Waals surface area contributed by atoms with Crippen LogP contribution < -0.4 is 5.32 Å². The summed E-state index contributed by atoms with van der Waals surface area (Å²) in [5.74, 6) is 0.253. The topological polar surface area (TPSA) is 118 Å². The van der Waals surface area contributed by atoms with Gasteiger partial charge in [0, 0.05) is 39.8 Å². The molecule has 226 valence electrons. The average molecular weight is 627 g/mol. The molecule has 1 fully saturated rings. The van der Waals surface area contributed by atoms with Crippen molar-refractivity contribution < 1.29 is 35.4 Å². The number of nitrogens with zero attached hydrogens (tertiary/aromatic N) is 3. The first-order chi connectivity index (χ1) is 19.6. The van der Waals surface area contributed by atoms with E-state index in [1.807, 2.05) is 55.5 Å². The third-order valence-electron chi connectivity index (χ3n) is 6.55. The summed E-state index contributed by atoms with van der Waals surface area (Å²) in [7, 11) is -3.67. The van der Waals surface area contributed by atoms with Gasteiger partial charge in [-0.05, 0) is 44.5 Å². The van der Waals surface area contributed by atoms with Gasteiger partial charge in [0.05, 0.1) is 25.3 Å². The number of benzene rings is 2. The number of likely N-dealkylation sites (tertiary alicyclic amines) is 1. The number of aryl methyl sites for hydroxylation is 1. The molecule has 2 N–H and O–H groups in total. The highest BCUT2D eigenvalue weighted by Gasteiger charge is 2.34. The molecule has 2 aromatic carbocycles. The Kier molecular flexibility index (Phi) is 9.66. The minimum absolute atomic E-state index is 0.0772. The lowest BCUT2D eigenvalue weighted by molar-refractivity contribution is -0.151. The maximum absolute atomic E-state index is 12.8. The van der Waals surface area contributed by atoms with Crippen LogP contribution in [0.25, 0.3) is 22.3 Å². The lowest BCUT2D eigenvalue weighted by atomic mass is 9.97. The van der Waals surface area contributed by atoms with Crippen LogP contribution in [0.1, 0.15) is 24.1 Å². The minimum Gasteiger partial charge on any atom is -0.456 e. The zero-order valence-electron chi connectivity index (χ0n) is 22.9. The second kappa shape index (κ2) is 12.9. The van der Waals surface area contributed by atoms with Crippen molar-refractivity contribution in [2.75, 3.05) is 31.2 Å². The van der Waals surface area contributed by atoms with Crippen LogP contribution >= 0.6 is 11.6 Å². The average Bonchev–Trinajstić information content (AvgIpc) is 3.45. The fourth-order valence-corrected chi connectivity index (χ4v) is 5.08. The largest absolute Gasteiger partial charge is 0.456 e. The van der Waals surface area contributed by atoms with Crippen LogP contribution in [0.15, 0.2) is 59.0 Å². The van der Waals surface area contributed by atoms with E-state index in [9.17, 15) is 26.4 Å². The number of anilines is 1. The highest BCUT2D eigenvalue weighted by molar-refractivity contribution is 7.85. The Labute approximate surface area is 246 Å². The Balaban J connectivity index is 0.000000748. The first kappa shape index (κ1) is 31.5. The standard InChI is InChI=1S/C27H26ClF3N4O2.CH4O3S/c1-17-10-24(32-26(36)19-8-5-9-34(14-19)16-27(29,30)31)33-35(17)15-21-12-22(28)11-20-13-23(37-25(20)21)18-6-3-2-4-7-18;1-5(2,3)4/h2-4,6-7,10-13,19H,5,8-9,14-16H2,1H3,(H,32,33,36);1H3,(H,2,3,4)/t19-;/m1./s1. The first-order valence-corrected chi connectivity index (χ1v) is 15.2. The predicted molar refractivity (Wildman–Crippen MR) is 154 cm³/mol. The summed E-state index contributed by atoms with van der Waals surface area (Å²) < 4.78 is 72.1. The van der Waals surface area contributed by atoms with E-state index in [0.717, 1.165) is 28.0 Å². The monoisotopic (exact) mass is 626 g/mol. The Bertz CT molecular complexity index is 1650. The summed E-state index contributed by atoms with van der Waals surface area (Å²) in [5.41, 5.74) is 3.30. The quantitative estimate of drug-likeness (QED) is 0.251. The molecular formula is C28H30ClF3N4O5S. The third kappa shape index (κ3) is 9.05. The second-order valence-corrected chi connectivity index (χ2v) is 12.1. The normalized spacial score (nSPS) is 16.2. The Morgan fingerprint density at radius 1 is 1.19 bits per heavy atom. The molecule has 0 spiro atoms. The van der Waals surface area contributed by atoms with Crippen LogP contribution in [0.5, 0.6) is 0 Å². The molecular weight excluding hydrogens is 597 g/mol. The highest BCUT2D eigenvalue weighted by Crippen LogP contribution is 2.33. The van der Waals surface area contributed by atoms with Gasteiger partial charge in [-0.3, -0.25) is 18.9 Å². The van der Waals surface area contributed by atoms with Crippen LogP contribution in [-0.2, 0) is 21.5 Å². The Hall–Kier alpha value is -3.39. The lowest BCUT2D eigenvalue weighted by Crippen LogP contribution is -2.44. The maximum atomic E-state index is 12.8. The minimum atomic E-state index is -4.28. The van der Waals surface area contributed by atoms with Gasteiger partial charge in [-0.15, -0.1) is 0 Å². The number of carbonyl (C=O) groups is 1. The summed E-state index contributed by atoms with van der Waals surface area (Å²) >= 11 is 6.39. The maximum Gasteiger partial charge on any atom is 0.401 e. The van der Waals surface area contributed by atoms with Gasteiger partial charge < -0.3 is 9.73 Å². The number of piperidine rings is 1. The van der Waals surface area contributed by atoms with Crippen LogP contribution in [0, 0.1) is 12.8 Å². The van der Waals surface area contributed by atoms with Gasteiger partial charge in [0.25, 0.3) is 10.1 Å². The van der Waals surface area contributed by atoms with Crippen molar-refractivity contribution in [1.29, 1.82) is 0 Å². The van der Waals surface area contributed by atoms with E-state index < -0.39 is 28.8 Å². The molecule has 0 bridgehead atoms. The van der Waals surface area contributed by atoms with Crippen molar-refractivity contribution in [1.82, 2.24) is 14.7 Å². The molecule has 0 aliphatic carbocycles. The number of fused-ring (bicyclic) bond motifs is 1. The molecule has 2 aromatic heterocycles. The van der Waals surface area contributed by atoms with Crippen molar-refractivity contribution in [3.05, 3.63) is 70.9 Å². The molecule has 14 heteroatoms. The van der Waals surface area contributed by atoms with Gasteiger partial charge >= 0.3 is 6.18 Å². The van der Waals surface area contributed by atoms with Crippen molar-refractivity contribution in [3.8, 4) is 11.3 Å². The number of nitrogens with one attached hydrogen (secondary N) is 1. The van der Waals surface area contributed by atoms with Crippen molar-refractivity contribution in [2.24, 2.45) is 5.92 Å². The summed E-state index contributed by atoms with van der Waals surface area (Å²) in [6.45, 7) is 1.64. The molecule has 4 aromatic rings. The number of carbonyl (C=O) groups excluding carboxylic acids is 1. The summed E-state index contributed by atoms with van der Waals surface area (Å²) in [6, 6.07) is 17.2.